The van der Waals surface area contributed by atoms with Crippen LogP contribution in [0.5, 0.6) is 0 Å². The topological polar surface area (TPSA) is 113 Å². The van der Waals surface area contributed by atoms with Gasteiger partial charge in [-0.25, -0.2) is 14.8 Å². The molecule has 5 heterocycles. The minimum Gasteiger partial charge on any atom is -0.477 e. The largest absolute Gasteiger partial charge is 0.477 e. The first-order valence-electron chi connectivity index (χ1n) is 10.2. The summed E-state index contributed by atoms with van der Waals surface area (Å²) in [5.41, 5.74) is 2.74. The number of fused-ring (bicyclic) bond motifs is 2. The van der Waals surface area contributed by atoms with Crippen molar-refractivity contribution in [3.8, 4) is 5.69 Å². The van der Waals surface area contributed by atoms with E-state index in [1.165, 1.54) is 12.3 Å². The summed E-state index contributed by atoms with van der Waals surface area (Å²) in [7, 11) is 1.76. The van der Waals surface area contributed by atoms with Gasteiger partial charge in [0.05, 0.1) is 34.5 Å². The monoisotopic (exact) mass is 462 g/mol. The van der Waals surface area contributed by atoms with Gasteiger partial charge in [-0.3, -0.25) is 14.3 Å². The molecule has 0 spiro atoms. The zero-order chi connectivity index (χ0) is 23.3. The molecule has 4 aromatic heterocycles. The Morgan fingerprint density at radius 1 is 1.24 bits per heavy atom. The summed E-state index contributed by atoms with van der Waals surface area (Å²) >= 11 is 6.56. The molecule has 0 saturated heterocycles. The van der Waals surface area contributed by atoms with Crippen molar-refractivity contribution in [2.45, 2.75) is 20.0 Å². The number of carboxylic acid groups (broad SMARTS) is 1. The predicted molar refractivity (Wildman–Crippen MR) is 126 cm³/mol. The number of hydrogen-bond donors (Lipinski definition) is 2. The summed E-state index contributed by atoms with van der Waals surface area (Å²) in [5.74, 6) is -0.163. The van der Waals surface area contributed by atoms with Crippen LogP contribution < -0.4 is 15.6 Å². The quantitative estimate of drug-likeness (QED) is 0.474. The molecule has 9 nitrogen and oxygen atoms in total. The molecule has 10 heteroatoms. The van der Waals surface area contributed by atoms with Crippen molar-refractivity contribution in [2.75, 3.05) is 17.3 Å². The molecular weight excluding hydrogens is 444 g/mol. The normalized spacial score (nSPS) is 12.8. The van der Waals surface area contributed by atoms with Crippen LogP contribution >= 0.6 is 11.6 Å². The van der Waals surface area contributed by atoms with Crippen molar-refractivity contribution in [1.29, 1.82) is 0 Å². The standard InChI is InChI=1S/C23H19ClN6O3/c1-12-6-19(25-2)27-8-18(12)30-10-15(23(32)33)20(31)14-7-16(24)22(28-21(14)30)29-9-13-4-3-5-26-17(13)11-29/h3-8,10H,9,11H2,1-2H3,(H,25,27)(H,32,33). The molecule has 0 unspecified atom stereocenters. The maximum atomic E-state index is 13.0. The number of hydrogen-bond acceptors (Lipinski definition) is 7. The lowest BCUT2D eigenvalue weighted by Gasteiger charge is -2.20. The third kappa shape index (κ3) is 3.46. The second-order valence-corrected chi connectivity index (χ2v) is 8.19. The lowest BCUT2D eigenvalue weighted by molar-refractivity contribution is 0.0695. The van der Waals surface area contributed by atoms with Crippen LogP contribution in [-0.4, -0.2) is 37.6 Å². The molecule has 0 fully saturated rings. The Hall–Kier alpha value is -3.98. The molecule has 33 heavy (non-hydrogen) atoms. The molecule has 0 amide bonds. The summed E-state index contributed by atoms with van der Waals surface area (Å²) in [6, 6.07) is 7.21. The first kappa shape index (κ1) is 20.9. The molecule has 1 aliphatic heterocycles. The van der Waals surface area contributed by atoms with Crippen molar-refractivity contribution in [3.63, 3.8) is 0 Å². The molecule has 2 N–H and O–H groups in total. The van der Waals surface area contributed by atoms with Crippen LogP contribution in [0.2, 0.25) is 5.02 Å². The third-order valence-electron chi connectivity index (χ3n) is 5.73. The van der Waals surface area contributed by atoms with E-state index in [-0.39, 0.29) is 16.0 Å². The fourth-order valence-corrected chi connectivity index (χ4v) is 4.33. The van der Waals surface area contributed by atoms with Crippen LogP contribution in [-0.2, 0) is 13.1 Å². The Kier molecular flexibility index (Phi) is 4.98. The Balaban J connectivity index is 1.75. The lowest BCUT2D eigenvalue weighted by Crippen LogP contribution is -2.22. The van der Waals surface area contributed by atoms with E-state index in [1.807, 2.05) is 30.0 Å². The Morgan fingerprint density at radius 2 is 2.06 bits per heavy atom. The van der Waals surface area contributed by atoms with Crippen LogP contribution in [0.4, 0.5) is 11.6 Å². The molecule has 0 aliphatic carbocycles. The summed E-state index contributed by atoms with van der Waals surface area (Å²) in [6.45, 7) is 2.99. The van der Waals surface area contributed by atoms with E-state index >= 15 is 0 Å². The van der Waals surface area contributed by atoms with E-state index in [2.05, 4.69) is 15.3 Å². The van der Waals surface area contributed by atoms with Crippen molar-refractivity contribution < 1.29 is 9.90 Å². The molecule has 1 aliphatic rings. The second-order valence-electron chi connectivity index (χ2n) is 7.78. The predicted octanol–water partition coefficient (Wildman–Crippen LogP) is 3.40. The molecule has 4 aromatic rings. The number of nitrogens with one attached hydrogen (secondary N) is 1. The molecule has 166 valence electrons. The fraction of sp³-hybridized carbons (Fsp3) is 0.174. The maximum Gasteiger partial charge on any atom is 0.341 e. The average molecular weight is 463 g/mol. The van der Waals surface area contributed by atoms with Gasteiger partial charge in [-0.05, 0) is 36.2 Å². The van der Waals surface area contributed by atoms with E-state index < -0.39 is 11.4 Å². The number of carboxylic acids is 1. The van der Waals surface area contributed by atoms with Crippen LogP contribution in [0, 0.1) is 6.92 Å². The van der Waals surface area contributed by atoms with Gasteiger partial charge in [-0.1, -0.05) is 17.7 Å². The van der Waals surface area contributed by atoms with Crippen molar-refractivity contribution >= 4 is 40.2 Å². The minimum atomic E-state index is -1.32. The van der Waals surface area contributed by atoms with Gasteiger partial charge in [-0.2, -0.15) is 0 Å². The van der Waals surface area contributed by atoms with Crippen LogP contribution in [0.3, 0.4) is 0 Å². The summed E-state index contributed by atoms with van der Waals surface area (Å²) in [5, 5.41) is 13.0. The summed E-state index contributed by atoms with van der Waals surface area (Å²) in [4.78, 5) is 40.3. The van der Waals surface area contributed by atoms with Crippen molar-refractivity contribution in [3.05, 3.63) is 80.5 Å². The van der Waals surface area contributed by atoms with Gasteiger partial charge in [0.15, 0.2) is 11.5 Å². The SMILES string of the molecule is CNc1cc(C)c(-n2cc(C(=O)O)c(=O)c3cc(Cl)c(N4Cc5cccnc5C4)nc32)cn1. The lowest BCUT2D eigenvalue weighted by atomic mass is 10.1. The number of pyridine rings is 4. The Bertz CT molecular complexity index is 1480. The number of anilines is 2. The Labute approximate surface area is 193 Å². The van der Waals surface area contributed by atoms with Crippen molar-refractivity contribution in [1.82, 2.24) is 19.5 Å². The second kappa shape index (κ2) is 7.86. The number of nitrogens with zero attached hydrogens (tertiary/aromatic N) is 5. The molecule has 0 bridgehead atoms. The van der Waals surface area contributed by atoms with Gasteiger partial charge in [0.1, 0.15) is 11.4 Å². The van der Waals surface area contributed by atoms with E-state index in [9.17, 15) is 14.7 Å². The molecule has 0 radical (unpaired) electrons. The molecular formula is C23H19ClN6O3. The van der Waals surface area contributed by atoms with Crippen LogP contribution in [0.1, 0.15) is 27.2 Å². The summed E-state index contributed by atoms with van der Waals surface area (Å²) < 4.78 is 1.59. The number of carbonyl (C=O) groups is 1. The van der Waals surface area contributed by atoms with Gasteiger partial charge in [0.25, 0.3) is 0 Å². The van der Waals surface area contributed by atoms with Crippen LogP contribution in [0.25, 0.3) is 16.7 Å². The Morgan fingerprint density at radius 3 is 2.76 bits per heavy atom. The molecule has 0 saturated carbocycles. The average Bonchev–Trinajstić information content (AvgIpc) is 3.23. The van der Waals surface area contributed by atoms with Crippen LogP contribution in [0.15, 0.2) is 47.7 Å². The highest BCUT2D eigenvalue weighted by Crippen LogP contribution is 2.33. The van der Waals surface area contributed by atoms with E-state index in [0.29, 0.717) is 36.1 Å². The molecule has 5 rings (SSSR count). The van der Waals surface area contributed by atoms with Gasteiger partial charge in [0.2, 0.25) is 5.43 Å². The van der Waals surface area contributed by atoms with Gasteiger partial charge in [0, 0.05) is 26.0 Å². The first-order valence-corrected chi connectivity index (χ1v) is 10.6. The van der Waals surface area contributed by atoms with E-state index in [0.717, 1.165) is 16.8 Å². The van der Waals surface area contributed by atoms with Crippen molar-refractivity contribution in [2.24, 2.45) is 0 Å². The first-order chi connectivity index (χ1) is 15.9. The zero-order valence-electron chi connectivity index (χ0n) is 17.8. The zero-order valence-corrected chi connectivity index (χ0v) is 18.6. The maximum absolute atomic E-state index is 13.0. The number of halogens is 1. The smallest absolute Gasteiger partial charge is 0.341 e. The van der Waals surface area contributed by atoms with E-state index in [1.54, 1.807) is 24.0 Å². The number of aromatic carboxylic acids is 1. The van der Waals surface area contributed by atoms with Gasteiger partial charge >= 0.3 is 5.97 Å². The van der Waals surface area contributed by atoms with Gasteiger partial charge < -0.3 is 15.3 Å². The highest BCUT2D eigenvalue weighted by Gasteiger charge is 2.25. The molecule has 0 atom stereocenters. The number of aryl methyl sites for hydroxylation is 1. The van der Waals surface area contributed by atoms with E-state index in [4.69, 9.17) is 16.6 Å². The van der Waals surface area contributed by atoms with Gasteiger partial charge in [-0.15, -0.1) is 0 Å². The third-order valence-corrected chi connectivity index (χ3v) is 6.01. The highest BCUT2D eigenvalue weighted by molar-refractivity contribution is 6.33. The fourth-order valence-electron chi connectivity index (χ4n) is 4.06. The summed E-state index contributed by atoms with van der Waals surface area (Å²) in [6.07, 6.45) is 4.65. The minimum absolute atomic E-state index is 0.121. The number of aromatic nitrogens is 4. The number of rotatable bonds is 4. The molecule has 0 aromatic carbocycles. The highest BCUT2D eigenvalue weighted by atomic mass is 35.5.